The van der Waals surface area contributed by atoms with Gasteiger partial charge in [-0.15, -0.1) is 0 Å². The van der Waals surface area contributed by atoms with Gasteiger partial charge in [0.2, 0.25) is 0 Å². The first kappa shape index (κ1) is 15.0. The summed E-state index contributed by atoms with van der Waals surface area (Å²) in [5.41, 5.74) is 1.20. The minimum absolute atomic E-state index is 0.324. The van der Waals surface area contributed by atoms with E-state index in [0.717, 1.165) is 13.1 Å². The Morgan fingerprint density at radius 1 is 1.17 bits per heavy atom. The van der Waals surface area contributed by atoms with Crippen molar-refractivity contribution < 1.29 is 5.11 Å². The smallest absolute Gasteiger partial charge is 0.115 e. The fourth-order valence-corrected chi connectivity index (χ4v) is 2.02. The largest absolute Gasteiger partial charge is 0.508 e. The highest BCUT2D eigenvalue weighted by Crippen LogP contribution is 2.10. The van der Waals surface area contributed by atoms with Crippen LogP contribution in [0.5, 0.6) is 5.75 Å². The maximum atomic E-state index is 9.22. The summed E-state index contributed by atoms with van der Waals surface area (Å²) in [6, 6.07) is 7.94. The summed E-state index contributed by atoms with van der Waals surface area (Å²) >= 11 is 0. The Labute approximate surface area is 111 Å². The van der Waals surface area contributed by atoms with Crippen molar-refractivity contribution in [2.75, 3.05) is 20.6 Å². The number of hydrogen-bond acceptors (Lipinski definition) is 3. The van der Waals surface area contributed by atoms with Crippen molar-refractivity contribution in [2.45, 2.75) is 32.9 Å². The summed E-state index contributed by atoms with van der Waals surface area (Å²) in [4.78, 5) is 2.28. The third-order valence-corrected chi connectivity index (χ3v) is 3.12. The van der Waals surface area contributed by atoms with Crippen LogP contribution in [0.3, 0.4) is 0 Å². The summed E-state index contributed by atoms with van der Waals surface area (Å²) in [6.07, 6.45) is 1.20. The number of aromatic hydroxyl groups is 1. The van der Waals surface area contributed by atoms with Crippen LogP contribution in [0, 0.1) is 5.92 Å². The lowest BCUT2D eigenvalue weighted by atomic mass is 10.0. The number of nitrogens with one attached hydrogen (secondary N) is 1. The normalized spacial score (nSPS) is 13.2. The Morgan fingerprint density at radius 3 is 2.28 bits per heavy atom. The van der Waals surface area contributed by atoms with Crippen LogP contribution in [0.25, 0.3) is 0 Å². The first-order chi connectivity index (χ1) is 8.49. The molecule has 0 saturated heterocycles. The van der Waals surface area contributed by atoms with Crippen LogP contribution in [0.4, 0.5) is 0 Å². The summed E-state index contributed by atoms with van der Waals surface area (Å²) in [6.45, 7) is 6.36. The monoisotopic (exact) mass is 250 g/mol. The van der Waals surface area contributed by atoms with Crippen molar-refractivity contribution >= 4 is 0 Å². The number of benzene rings is 1. The topological polar surface area (TPSA) is 35.5 Å². The van der Waals surface area contributed by atoms with Crippen LogP contribution >= 0.6 is 0 Å². The highest BCUT2D eigenvalue weighted by Gasteiger charge is 2.12. The van der Waals surface area contributed by atoms with Crippen molar-refractivity contribution in [1.82, 2.24) is 10.2 Å². The van der Waals surface area contributed by atoms with Crippen LogP contribution < -0.4 is 5.32 Å². The third-order valence-electron chi connectivity index (χ3n) is 3.12. The molecule has 0 amide bonds. The molecule has 0 aliphatic rings. The van der Waals surface area contributed by atoms with Crippen molar-refractivity contribution in [3.8, 4) is 5.75 Å². The molecule has 2 N–H and O–H groups in total. The molecule has 0 radical (unpaired) electrons. The molecule has 1 rings (SSSR count). The maximum absolute atomic E-state index is 9.22. The van der Waals surface area contributed by atoms with Gasteiger partial charge >= 0.3 is 0 Å². The first-order valence-corrected chi connectivity index (χ1v) is 6.64. The van der Waals surface area contributed by atoms with Gasteiger partial charge in [0.05, 0.1) is 0 Å². The van der Waals surface area contributed by atoms with E-state index in [2.05, 4.69) is 38.2 Å². The summed E-state index contributed by atoms with van der Waals surface area (Å²) in [7, 11) is 4.27. The number of hydrogen-bond donors (Lipinski definition) is 2. The molecule has 0 heterocycles. The predicted octanol–water partition coefficient (Wildman–Crippen LogP) is 2.46. The first-order valence-electron chi connectivity index (χ1n) is 6.64. The van der Waals surface area contributed by atoms with Gasteiger partial charge in [-0.3, -0.25) is 0 Å². The van der Waals surface area contributed by atoms with Crippen LogP contribution in [0.2, 0.25) is 0 Å². The Bertz CT molecular complexity index is 333. The second-order valence-corrected chi connectivity index (χ2v) is 5.54. The molecule has 1 atom stereocenters. The molecule has 0 saturated carbocycles. The zero-order valence-corrected chi connectivity index (χ0v) is 12.0. The number of likely N-dealkylation sites (N-methyl/N-ethyl adjacent to an activating group) is 1. The fourth-order valence-electron chi connectivity index (χ4n) is 2.02. The molecule has 1 aromatic rings. The van der Waals surface area contributed by atoms with Crippen molar-refractivity contribution in [3.05, 3.63) is 29.8 Å². The molecule has 0 fully saturated rings. The van der Waals surface area contributed by atoms with Crippen LogP contribution in [-0.4, -0.2) is 36.7 Å². The van der Waals surface area contributed by atoms with E-state index < -0.39 is 0 Å². The van der Waals surface area contributed by atoms with Gasteiger partial charge in [-0.05, 0) is 44.1 Å². The maximum Gasteiger partial charge on any atom is 0.115 e. The lowest BCUT2D eigenvalue weighted by molar-refractivity contribution is 0.246. The second kappa shape index (κ2) is 7.39. The molecule has 0 spiro atoms. The van der Waals surface area contributed by atoms with Crippen LogP contribution in [0.1, 0.15) is 25.8 Å². The van der Waals surface area contributed by atoms with Gasteiger partial charge in [0.15, 0.2) is 0 Å². The van der Waals surface area contributed by atoms with E-state index in [1.165, 1.54) is 12.0 Å². The number of phenolic OH excluding ortho intramolecular Hbond substituents is 1. The molecule has 3 nitrogen and oxygen atoms in total. The predicted molar refractivity (Wildman–Crippen MR) is 76.7 cm³/mol. The van der Waals surface area contributed by atoms with Crippen molar-refractivity contribution in [2.24, 2.45) is 5.92 Å². The van der Waals surface area contributed by atoms with Gasteiger partial charge in [0, 0.05) is 19.1 Å². The van der Waals surface area contributed by atoms with Gasteiger partial charge < -0.3 is 15.3 Å². The average Bonchev–Trinajstić information content (AvgIpc) is 2.29. The lowest BCUT2D eigenvalue weighted by Gasteiger charge is -2.26. The minimum Gasteiger partial charge on any atom is -0.508 e. The second-order valence-electron chi connectivity index (χ2n) is 5.54. The van der Waals surface area contributed by atoms with Crippen molar-refractivity contribution in [3.63, 3.8) is 0 Å². The zero-order chi connectivity index (χ0) is 13.5. The molecule has 1 aromatic carbocycles. The van der Waals surface area contributed by atoms with Gasteiger partial charge in [-0.25, -0.2) is 0 Å². The average molecular weight is 250 g/mol. The standard InChI is InChI=1S/C15H26N2O/c1-12(2)9-14(17(3)4)11-16-10-13-5-7-15(18)8-6-13/h5-8,12,14,16,18H,9-11H2,1-4H3. The highest BCUT2D eigenvalue weighted by molar-refractivity contribution is 5.25. The van der Waals surface area contributed by atoms with E-state index in [9.17, 15) is 5.11 Å². The molecule has 0 bridgehead atoms. The number of nitrogens with zero attached hydrogens (tertiary/aromatic N) is 1. The molecule has 0 aliphatic carbocycles. The van der Waals surface area contributed by atoms with Gasteiger partial charge in [-0.1, -0.05) is 26.0 Å². The molecular weight excluding hydrogens is 224 g/mol. The van der Waals surface area contributed by atoms with E-state index in [4.69, 9.17) is 0 Å². The zero-order valence-electron chi connectivity index (χ0n) is 12.0. The number of phenols is 1. The summed E-state index contributed by atoms with van der Waals surface area (Å²) in [5, 5.41) is 12.7. The highest BCUT2D eigenvalue weighted by atomic mass is 16.3. The molecule has 0 aliphatic heterocycles. The van der Waals surface area contributed by atoms with E-state index in [1.807, 2.05) is 12.1 Å². The van der Waals surface area contributed by atoms with E-state index >= 15 is 0 Å². The molecule has 1 unspecified atom stereocenters. The van der Waals surface area contributed by atoms with E-state index in [1.54, 1.807) is 12.1 Å². The number of rotatable bonds is 7. The Balaban J connectivity index is 2.36. The molecule has 18 heavy (non-hydrogen) atoms. The van der Waals surface area contributed by atoms with E-state index in [-0.39, 0.29) is 0 Å². The minimum atomic E-state index is 0.324. The fraction of sp³-hybridized carbons (Fsp3) is 0.600. The van der Waals surface area contributed by atoms with Gasteiger partial charge in [0.1, 0.15) is 5.75 Å². The Hall–Kier alpha value is -1.06. The van der Waals surface area contributed by atoms with Gasteiger partial charge in [0.25, 0.3) is 0 Å². The quantitative estimate of drug-likeness (QED) is 0.780. The Kier molecular flexibility index (Phi) is 6.16. The molecular formula is C15H26N2O. The summed E-state index contributed by atoms with van der Waals surface area (Å²) < 4.78 is 0. The molecule has 3 heteroatoms. The summed E-state index contributed by atoms with van der Waals surface area (Å²) in [5.74, 6) is 1.04. The Morgan fingerprint density at radius 2 is 1.78 bits per heavy atom. The molecule has 0 aromatic heterocycles. The molecule has 102 valence electrons. The third kappa shape index (κ3) is 5.52. The van der Waals surface area contributed by atoms with E-state index in [0.29, 0.717) is 17.7 Å². The van der Waals surface area contributed by atoms with Crippen LogP contribution in [0.15, 0.2) is 24.3 Å². The van der Waals surface area contributed by atoms with Crippen molar-refractivity contribution in [1.29, 1.82) is 0 Å². The van der Waals surface area contributed by atoms with Crippen LogP contribution in [-0.2, 0) is 6.54 Å². The van der Waals surface area contributed by atoms with Gasteiger partial charge in [-0.2, -0.15) is 0 Å². The SMILES string of the molecule is CC(C)CC(CNCc1ccc(O)cc1)N(C)C. The lowest BCUT2D eigenvalue weighted by Crippen LogP contribution is -2.38.